The average Bonchev–Trinajstić information content (AvgIpc) is 3.14. The maximum atomic E-state index is 12.4. The van der Waals surface area contributed by atoms with Crippen molar-refractivity contribution in [2.45, 2.75) is 19.4 Å². The van der Waals surface area contributed by atoms with Crippen molar-refractivity contribution in [1.82, 2.24) is 25.5 Å². The number of tetrazole rings is 1. The third-order valence-electron chi connectivity index (χ3n) is 4.27. The Bertz CT molecular complexity index is 925. The van der Waals surface area contributed by atoms with Gasteiger partial charge in [-0.2, -0.15) is 0 Å². The minimum Gasteiger partial charge on any atom is -0.496 e. The first kappa shape index (κ1) is 19.3. The molecule has 0 saturated carbocycles. The summed E-state index contributed by atoms with van der Waals surface area (Å²) in [5.41, 5.74) is 1.68. The van der Waals surface area contributed by atoms with Gasteiger partial charge in [-0.3, -0.25) is 4.79 Å². The predicted octanol–water partition coefficient (Wildman–Crippen LogP) is 2.16. The number of rotatable bonds is 9. The molecule has 3 rings (SSSR count). The number of hydrogen-bond acceptors (Lipinski definition) is 6. The molecule has 1 N–H and O–H groups in total. The van der Waals surface area contributed by atoms with Gasteiger partial charge in [-0.1, -0.05) is 24.3 Å². The van der Waals surface area contributed by atoms with E-state index in [4.69, 9.17) is 9.47 Å². The van der Waals surface area contributed by atoms with Crippen LogP contribution in [-0.4, -0.2) is 39.8 Å². The first-order chi connectivity index (χ1) is 13.7. The maximum Gasteiger partial charge on any atom is 0.251 e. The number of ether oxygens (including phenoxy) is 2. The van der Waals surface area contributed by atoms with Gasteiger partial charge in [-0.25, -0.2) is 4.68 Å². The van der Waals surface area contributed by atoms with E-state index in [1.165, 1.54) is 4.68 Å². The summed E-state index contributed by atoms with van der Waals surface area (Å²) in [7, 11) is 3.41. The number of aryl methyl sites for hydroxylation is 2. The van der Waals surface area contributed by atoms with Crippen molar-refractivity contribution >= 4 is 5.91 Å². The van der Waals surface area contributed by atoms with Crippen molar-refractivity contribution in [2.75, 3.05) is 13.7 Å². The highest BCUT2D eigenvalue weighted by molar-refractivity contribution is 5.94. The Labute approximate surface area is 163 Å². The number of methoxy groups -OCH3 is 1. The number of aromatic nitrogens is 4. The second-order valence-electron chi connectivity index (χ2n) is 6.21. The molecule has 0 fully saturated rings. The van der Waals surface area contributed by atoms with Crippen molar-refractivity contribution in [3.63, 3.8) is 0 Å². The van der Waals surface area contributed by atoms with Crippen LogP contribution in [0.4, 0.5) is 0 Å². The molecule has 0 unspecified atom stereocenters. The number of nitrogens with one attached hydrogen (secondary N) is 1. The smallest absolute Gasteiger partial charge is 0.251 e. The molecule has 28 heavy (non-hydrogen) atoms. The second kappa shape index (κ2) is 9.50. The van der Waals surface area contributed by atoms with E-state index >= 15 is 0 Å². The van der Waals surface area contributed by atoms with Crippen LogP contribution in [0.1, 0.15) is 28.2 Å². The van der Waals surface area contributed by atoms with Crippen molar-refractivity contribution < 1.29 is 14.3 Å². The SMILES string of the molecule is COc1ccccc1CCCNC(=O)c1cccc(OCc2nnnn2C)c1. The van der Waals surface area contributed by atoms with Crippen molar-refractivity contribution in [3.05, 3.63) is 65.5 Å². The minimum absolute atomic E-state index is 0.134. The van der Waals surface area contributed by atoms with Gasteiger partial charge in [0.25, 0.3) is 5.91 Å². The Kier molecular flexibility index (Phi) is 6.56. The number of carbonyl (C=O) groups is 1. The largest absolute Gasteiger partial charge is 0.496 e. The zero-order chi connectivity index (χ0) is 19.8. The van der Waals surface area contributed by atoms with Crippen LogP contribution in [0.25, 0.3) is 0 Å². The molecule has 0 aliphatic rings. The van der Waals surface area contributed by atoms with E-state index in [1.807, 2.05) is 24.3 Å². The summed E-state index contributed by atoms with van der Waals surface area (Å²) in [6.07, 6.45) is 1.65. The van der Waals surface area contributed by atoms with Crippen LogP contribution >= 0.6 is 0 Å². The van der Waals surface area contributed by atoms with Gasteiger partial charge >= 0.3 is 0 Å². The van der Waals surface area contributed by atoms with Gasteiger partial charge in [0, 0.05) is 19.2 Å². The lowest BCUT2D eigenvalue weighted by Gasteiger charge is -2.10. The zero-order valence-electron chi connectivity index (χ0n) is 16.0. The highest BCUT2D eigenvalue weighted by Crippen LogP contribution is 2.18. The molecule has 8 nitrogen and oxygen atoms in total. The highest BCUT2D eigenvalue weighted by atomic mass is 16.5. The van der Waals surface area contributed by atoms with Gasteiger partial charge in [0.1, 0.15) is 18.1 Å². The molecule has 8 heteroatoms. The number of nitrogens with zero attached hydrogens (tertiary/aromatic N) is 4. The fourth-order valence-electron chi connectivity index (χ4n) is 2.74. The van der Waals surface area contributed by atoms with Gasteiger partial charge in [0.15, 0.2) is 5.82 Å². The third kappa shape index (κ3) is 5.06. The first-order valence-corrected chi connectivity index (χ1v) is 9.01. The molecule has 3 aromatic rings. The summed E-state index contributed by atoms with van der Waals surface area (Å²) in [5, 5.41) is 14.1. The van der Waals surface area contributed by atoms with Crippen LogP contribution in [0, 0.1) is 0 Å². The predicted molar refractivity (Wildman–Crippen MR) is 103 cm³/mol. The Morgan fingerprint density at radius 1 is 1.18 bits per heavy atom. The quantitative estimate of drug-likeness (QED) is 0.571. The Morgan fingerprint density at radius 3 is 2.82 bits per heavy atom. The second-order valence-corrected chi connectivity index (χ2v) is 6.21. The average molecular weight is 381 g/mol. The summed E-state index contributed by atoms with van der Waals surface area (Å²) in [6.45, 7) is 0.806. The fraction of sp³-hybridized carbons (Fsp3) is 0.300. The topological polar surface area (TPSA) is 91.2 Å². The van der Waals surface area contributed by atoms with Gasteiger partial charge < -0.3 is 14.8 Å². The molecule has 0 aliphatic carbocycles. The van der Waals surface area contributed by atoms with Gasteiger partial charge in [0.2, 0.25) is 0 Å². The van der Waals surface area contributed by atoms with Crippen LogP contribution in [0.15, 0.2) is 48.5 Å². The summed E-state index contributed by atoms with van der Waals surface area (Å²) < 4.78 is 12.6. The van der Waals surface area contributed by atoms with E-state index in [0.717, 1.165) is 24.2 Å². The van der Waals surface area contributed by atoms with E-state index in [9.17, 15) is 4.79 Å². The van der Waals surface area contributed by atoms with Crippen LogP contribution in [0.5, 0.6) is 11.5 Å². The molecule has 0 spiro atoms. The van der Waals surface area contributed by atoms with E-state index in [2.05, 4.69) is 20.8 Å². The molecular formula is C20H23N5O3. The van der Waals surface area contributed by atoms with Gasteiger partial charge in [0.05, 0.1) is 7.11 Å². The molecule has 1 amide bonds. The molecule has 1 heterocycles. The van der Waals surface area contributed by atoms with Crippen LogP contribution in [0.2, 0.25) is 0 Å². The number of benzene rings is 2. The lowest BCUT2D eigenvalue weighted by Crippen LogP contribution is -2.24. The van der Waals surface area contributed by atoms with Crippen LogP contribution < -0.4 is 14.8 Å². The summed E-state index contributed by atoms with van der Waals surface area (Å²) >= 11 is 0. The molecule has 0 saturated heterocycles. The van der Waals surface area contributed by atoms with Crippen molar-refractivity contribution in [1.29, 1.82) is 0 Å². The molecule has 0 aliphatic heterocycles. The molecule has 1 aromatic heterocycles. The molecule has 0 bridgehead atoms. The van der Waals surface area contributed by atoms with Crippen molar-refractivity contribution in [3.8, 4) is 11.5 Å². The summed E-state index contributed by atoms with van der Waals surface area (Å²) in [5.74, 6) is 1.93. The zero-order valence-corrected chi connectivity index (χ0v) is 16.0. The summed E-state index contributed by atoms with van der Waals surface area (Å²) in [4.78, 5) is 12.4. The lowest BCUT2D eigenvalue weighted by molar-refractivity contribution is 0.0952. The third-order valence-corrected chi connectivity index (χ3v) is 4.27. The number of amides is 1. The lowest BCUT2D eigenvalue weighted by atomic mass is 10.1. The molecular weight excluding hydrogens is 358 g/mol. The summed E-state index contributed by atoms with van der Waals surface area (Å²) in [6, 6.07) is 14.9. The monoisotopic (exact) mass is 381 g/mol. The minimum atomic E-state index is -0.134. The Balaban J connectivity index is 1.48. The highest BCUT2D eigenvalue weighted by Gasteiger charge is 2.08. The maximum absolute atomic E-state index is 12.4. The van der Waals surface area contributed by atoms with Gasteiger partial charge in [-0.15, -0.1) is 5.10 Å². The molecule has 2 aromatic carbocycles. The molecule has 146 valence electrons. The Morgan fingerprint density at radius 2 is 2.04 bits per heavy atom. The first-order valence-electron chi connectivity index (χ1n) is 9.01. The van der Waals surface area contributed by atoms with Crippen LogP contribution in [-0.2, 0) is 20.1 Å². The van der Waals surface area contributed by atoms with E-state index in [0.29, 0.717) is 23.7 Å². The number of carbonyl (C=O) groups excluding carboxylic acids is 1. The van der Waals surface area contributed by atoms with Crippen LogP contribution in [0.3, 0.4) is 0 Å². The normalized spacial score (nSPS) is 10.5. The van der Waals surface area contributed by atoms with E-state index < -0.39 is 0 Å². The molecule has 0 atom stereocenters. The fourth-order valence-corrected chi connectivity index (χ4v) is 2.74. The van der Waals surface area contributed by atoms with Gasteiger partial charge in [-0.05, 0) is 53.1 Å². The molecule has 0 radical (unpaired) electrons. The standard InChI is InChI=1S/C20H23N5O3/c1-25-19(22-23-24-25)14-28-17-10-5-8-16(13-17)20(26)21-12-6-9-15-7-3-4-11-18(15)27-2/h3-5,7-8,10-11,13H,6,9,12,14H2,1-2H3,(H,21,26). The van der Waals surface area contributed by atoms with E-state index in [-0.39, 0.29) is 12.5 Å². The number of hydrogen-bond donors (Lipinski definition) is 1. The van der Waals surface area contributed by atoms with Crippen molar-refractivity contribution in [2.24, 2.45) is 7.05 Å². The van der Waals surface area contributed by atoms with E-state index in [1.54, 1.807) is 38.4 Å². The Hall–Kier alpha value is -3.42. The number of para-hydroxylation sites is 1.